The van der Waals surface area contributed by atoms with Gasteiger partial charge in [-0.3, -0.25) is 14.4 Å². The first-order valence-electron chi connectivity index (χ1n) is 8.95. The number of hydrogen-bond donors (Lipinski definition) is 1. The second-order valence-corrected chi connectivity index (χ2v) is 6.45. The summed E-state index contributed by atoms with van der Waals surface area (Å²) < 4.78 is 5.16. The summed E-state index contributed by atoms with van der Waals surface area (Å²) in [4.78, 5) is 36.3. The summed E-state index contributed by atoms with van der Waals surface area (Å²) in [6.45, 7) is 1.92. The molecule has 1 N–H and O–H groups in total. The number of carboxylic acid groups (broad SMARTS) is 1. The molecule has 0 aromatic carbocycles. The maximum Gasteiger partial charge on any atom is 0.319 e. The molecule has 0 aromatic heterocycles. The van der Waals surface area contributed by atoms with Crippen molar-refractivity contribution < 1.29 is 24.2 Å². The normalized spacial score (nSPS) is 24.3. The molecule has 1 rings (SSSR count). The average molecular weight is 326 g/mol. The van der Waals surface area contributed by atoms with Gasteiger partial charge < -0.3 is 9.84 Å². The maximum absolute atomic E-state index is 12.8. The number of aliphatic carboxylic acids is 1. The quantitative estimate of drug-likeness (QED) is 0.612. The lowest BCUT2D eigenvalue weighted by molar-refractivity contribution is -0.162. The molecule has 0 aromatic rings. The van der Waals surface area contributed by atoms with Crippen LogP contribution in [-0.4, -0.2) is 29.4 Å². The summed E-state index contributed by atoms with van der Waals surface area (Å²) >= 11 is 0. The zero-order valence-corrected chi connectivity index (χ0v) is 14.3. The molecule has 1 fully saturated rings. The van der Waals surface area contributed by atoms with E-state index in [1.54, 1.807) is 6.92 Å². The Labute approximate surface area is 138 Å². The van der Waals surface area contributed by atoms with Gasteiger partial charge in [0.15, 0.2) is 0 Å². The van der Waals surface area contributed by atoms with Gasteiger partial charge in [-0.2, -0.15) is 0 Å². The number of carbonyl (C=O) groups is 3. The van der Waals surface area contributed by atoms with E-state index in [4.69, 9.17) is 9.84 Å². The van der Waals surface area contributed by atoms with E-state index >= 15 is 0 Å². The number of hydrogen-bond acceptors (Lipinski definition) is 4. The number of carboxylic acids is 1. The van der Waals surface area contributed by atoms with Crippen LogP contribution in [0, 0.1) is 5.41 Å². The first kappa shape index (κ1) is 19.7. The minimum atomic E-state index is -1.26. The zero-order valence-electron chi connectivity index (χ0n) is 14.3. The highest BCUT2D eigenvalue weighted by Gasteiger charge is 2.45. The molecule has 0 bridgehead atoms. The Morgan fingerprint density at radius 1 is 1.04 bits per heavy atom. The summed E-state index contributed by atoms with van der Waals surface area (Å²) in [6, 6.07) is 0. The molecule has 0 saturated heterocycles. The lowest BCUT2D eigenvalue weighted by Crippen LogP contribution is -2.41. The highest BCUT2D eigenvalue weighted by molar-refractivity contribution is 6.04. The molecule has 0 aliphatic heterocycles. The number of rotatable bonds is 5. The third-order valence-corrected chi connectivity index (χ3v) is 4.72. The second-order valence-electron chi connectivity index (χ2n) is 6.45. The van der Waals surface area contributed by atoms with Crippen LogP contribution in [0.3, 0.4) is 0 Å². The van der Waals surface area contributed by atoms with Gasteiger partial charge in [-0.05, 0) is 26.2 Å². The number of esters is 1. The van der Waals surface area contributed by atoms with Gasteiger partial charge in [-0.25, -0.2) is 0 Å². The van der Waals surface area contributed by atoms with E-state index in [-0.39, 0.29) is 25.2 Å². The molecule has 1 aliphatic carbocycles. The monoisotopic (exact) mass is 326 g/mol. The highest BCUT2D eigenvalue weighted by Crippen LogP contribution is 2.36. The fraction of sp³-hybridized carbons (Fsp3) is 0.833. The maximum atomic E-state index is 12.8. The third kappa shape index (κ3) is 6.32. The SMILES string of the molecule is CCOC(=O)C1(CCC(=O)O)CCCCCCCCCCC1=O. The zero-order chi connectivity index (χ0) is 17.1. The number of ketones is 1. The standard InChI is InChI=1S/C18H30O5/c1-2-23-17(22)18(14-12-16(20)21)13-10-8-6-4-3-5-7-9-11-15(18)19/h2-14H2,1H3,(H,20,21). The van der Waals surface area contributed by atoms with Gasteiger partial charge in [-0.15, -0.1) is 0 Å². The Balaban J connectivity index is 2.95. The largest absolute Gasteiger partial charge is 0.481 e. The first-order valence-corrected chi connectivity index (χ1v) is 8.95. The molecule has 5 heteroatoms. The van der Waals surface area contributed by atoms with Crippen LogP contribution >= 0.6 is 0 Å². The summed E-state index contributed by atoms with van der Waals surface area (Å²) in [7, 11) is 0. The molecule has 0 radical (unpaired) electrons. The fourth-order valence-corrected chi connectivity index (χ4v) is 3.32. The van der Waals surface area contributed by atoms with Gasteiger partial charge >= 0.3 is 11.9 Å². The van der Waals surface area contributed by atoms with E-state index in [1.165, 1.54) is 12.8 Å². The van der Waals surface area contributed by atoms with Crippen LogP contribution in [0.15, 0.2) is 0 Å². The van der Waals surface area contributed by atoms with Crippen LogP contribution in [0.5, 0.6) is 0 Å². The molecule has 0 amide bonds. The first-order chi connectivity index (χ1) is 11.0. The van der Waals surface area contributed by atoms with Crippen molar-refractivity contribution in [3.05, 3.63) is 0 Å². The minimum Gasteiger partial charge on any atom is -0.481 e. The van der Waals surface area contributed by atoms with Crippen LogP contribution in [0.1, 0.15) is 84.0 Å². The molecular formula is C18H30O5. The molecule has 5 nitrogen and oxygen atoms in total. The molecule has 1 unspecified atom stereocenters. The van der Waals surface area contributed by atoms with Crippen molar-refractivity contribution in [3.63, 3.8) is 0 Å². The van der Waals surface area contributed by atoms with Crippen molar-refractivity contribution in [1.29, 1.82) is 0 Å². The van der Waals surface area contributed by atoms with Crippen molar-refractivity contribution >= 4 is 17.7 Å². The predicted octanol–water partition coefficient (Wildman–Crippen LogP) is 3.88. The van der Waals surface area contributed by atoms with Crippen LogP contribution in [0.4, 0.5) is 0 Å². The Bertz CT molecular complexity index is 404. The van der Waals surface area contributed by atoms with Gasteiger partial charge in [0, 0.05) is 12.8 Å². The van der Waals surface area contributed by atoms with Crippen molar-refractivity contribution in [2.24, 2.45) is 5.41 Å². The summed E-state index contributed by atoms with van der Waals surface area (Å²) in [5, 5.41) is 9.00. The molecule has 0 spiro atoms. The van der Waals surface area contributed by atoms with Crippen LogP contribution in [0.2, 0.25) is 0 Å². The molecule has 0 heterocycles. The van der Waals surface area contributed by atoms with Crippen LogP contribution in [0.25, 0.3) is 0 Å². The van der Waals surface area contributed by atoms with Crippen LogP contribution < -0.4 is 0 Å². The van der Waals surface area contributed by atoms with E-state index in [9.17, 15) is 14.4 Å². The van der Waals surface area contributed by atoms with Gasteiger partial charge in [0.05, 0.1) is 6.61 Å². The van der Waals surface area contributed by atoms with E-state index in [1.807, 2.05) is 0 Å². The number of ether oxygens (including phenoxy) is 1. The molecule has 1 aliphatic rings. The Hall–Kier alpha value is -1.39. The summed E-state index contributed by atoms with van der Waals surface area (Å²) in [5.41, 5.74) is -1.26. The fourth-order valence-electron chi connectivity index (χ4n) is 3.32. The summed E-state index contributed by atoms with van der Waals surface area (Å²) in [6.07, 6.45) is 8.76. The lowest BCUT2D eigenvalue weighted by Gasteiger charge is -2.30. The van der Waals surface area contributed by atoms with Gasteiger partial charge in [0.25, 0.3) is 0 Å². The van der Waals surface area contributed by atoms with E-state index < -0.39 is 17.4 Å². The lowest BCUT2D eigenvalue weighted by atomic mass is 9.73. The van der Waals surface area contributed by atoms with Crippen molar-refractivity contribution in [1.82, 2.24) is 0 Å². The van der Waals surface area contributed by atoms with Crippen molar-refractivity contribution in [2.45, 2.75) is 84.0 Å². The van der Waals surface area contributed by atoms with Crippen LogP contribution in [-0.2, 0) is 19.1 Å². The van der Waals surface area contributed by atoms with Crippen molar-refractivity contribution in [3.8, 4) is 0 Å². The molecule has 132 valence electrons. The molecule has 1 saturated carbocycles. The average Bonchev–Trinajstić information content (AvgIpc) is 2.50. The Morgan fingerprint density at radius 3 is 2.17 bits per heavy atom. The van der Waals surface area contributed by atoms with Gasteiger partial charge in [0.2, 0.25) is 0 Å². The molecule has 1 atom stereocenters. The number of carbonyl (C=O) groups excluding carboxylic acids is 2. The van der Waals surface area contributed by atoms with Gasteiger partial charge in [-0.1, -0.05) is 44.9 Å². The Morgan fingerprint density at radius 2 is 1.61 bits per heavy atom. The Kier molecular flexibility index (Phi) is 8.89. The second kappa shape index (κ2) is 10.4. The number of Topliss-reactive ketones (excluding diaryl/α,β-unsaturated/α-hetero) is 1. The van der Waals surface area contributed by atoms with Crippen molar-refractivity contribution in [2.75, 3.05) is 6.61 Å². The topological polar surface area (TPSA) is 80.7 Å². The molecular weight excluding hydrogens is 296 g/mol. The highest BCUT2D eigenvalue weighted by atomic mass is 16.5. The smallest absolute Gasteiger partial charge is 0.319 e. The third-order valence-electron chi connectivity index (χ3n) is 4.72. The van der Waals surface area contributed by atoms with E-state index in [2.05, 4.69) is 0 Å². The van der Waals surface area contributed by atoms with Gasteiger partial charge in [0.1, 0.15) is 11.2 Å². The van der Waals surface area contributed by atoms with E-state index in [0.717, 1.165) is 38.5 Å². The minimum absolute atomic E-state index is 0.0556. The predicted molar refractivity (Wildman–Crippen MR) is 87.1 cm³/mol. The summed E-state index contributed by atoms with van der Waals surface area (Å²) in [5.74, 6) is -1.63. The van der Waals surface area contributed by atoms with E-state index in [0.29, 0.717) is 12.8 Å². The molecule has 23 heavy (non-hydrogen) atoms.